The number of hydrogen-bond acceptors (Lipinski definition) is 2. The molecule has 1 saturated carbocycles. The SMILES string of the molecule is O=C(O)c1ccc(C2CCCCCCCC2)cc1C(=O)O. The Balaban J connectivity index is 2.27. The topological polar surface area (TPSA) is 74.6 Å². The van der Waals surface area contributed by atoms with Crippen LogP contribution >= 0.6 is 0 Å². The molecule has 1 aliphatic carbocycles. The van der Waals surface area contributed by atoms with Gasteiger partial charge < -0.3 is 10.2 Å². The molecule has 0 amide bonds. The monoisotopic (exact) mass is 290 g/mol. The largest absolute Gasteiger partial charge is 0.478 e. The van der Waals surface area contributed by atoms with Gasteiger partial charge in [0.25, 0.3) is 0 Å². The summed E-state index contributed by atoms with van der Waals surface area (Å²) in [5.41, 5.74) is 0.744. The third-order valence-electron chi connectivity index (χ3n) is 4.33. The summed E-state index contributed by atoms with van der Waals surface area (Å²) in [6, 6.07) is 4.79. The molecule has 114 valence electrons. The van der Waals surface area contributed by atoms with Crippen LogP contribution in [0.25, 0.3) is 0 Å². The Morgan fingerprint density at radius 2 is 1.33 bits per heavy atom. The van der Waals surface area contributed by atoms with E-state index >= 15 is 0 Å². The predicted octanol–water partition coefficient (Wildman–Crippen LogP) is 4.30. The predicted molar refractivity (Wildman–Crippen MR) is 80.0 cm³/mol. The minimum absolute atomic E-state index is 0.0973. The van der Waals surface area contributed by atoms with E-state index in [1.54, 1.807) is 12.1 Å². The van der Waals surface area contributed by atoms with Crippen LogP contribution in [0.5, 0.6) is 0 Å². The van der Waals surface area contributed by atoms with E-state index < -0.39 is 11.9 Å². The molecule has 0 radical (unpaired) electrons. The number of carboxylic acid groups (broad SMARTS) is 2. The average Bonchev–Trinajstić information content (AvgIpc) is 2.60. The molecule has 0 atom stereocenters. The van der Waals surface area contributed by atoms with E-state index in [1.807, 2.05) is 0 Å². The molecule has 0 unspecified atom stereocenters. The molecule has 4 heteroatoms. The van der Waals surface area contributed by atoms with Crippen LogP contribution in [0, 0.1) is 0 Å². The molecule has 0 aromatic heterocycles. The lowest BCUT2D eigenvalue weighted by Gasteiger charge is -2.17. The number of carbonyl (C=O) groups is 2. The van der Waals surface area contributed by atoms with Crippen molar-refractivity contribution in [3.63, 3.8) is 0 Å². The highest BCUT2D eigenvalue weighted by atomic mass is 16.4. The lowest BCUT2D eigenvalue weighted by atomic mass is 9.87. The summed E-state index contributed by atoms with van der Waals surface area (Å²) in [5.74, 6) is -2.00. The van der Waals surface area contributed by atoms with Crippen molar-refractivity contribution in [2.45, 2.75) is 57.3 Å². The van der Waals surface area contributed by atoms with Gasteiger partial charge in [0.15, 0.2) is 0 Å². The Morgan fingerprint density at radius 1 is 0.810 bits per heavy atom. The van der Waals surface area contributed by atoms with Crippen LogP contribution in [-0.4, -0.2) is 22.2 Å². The first-order chi connectivity index (χ1) is 10.1. The summed E-state index contributed by atoms with van der Waals surface area (Å²) < 4.78 is 0. The van der Waals surface area contributed by atoms with Gasteiger partial charge in [-0.25, -0.2) is 9.59 Å². The van der Waals surface area contributed by atoms with Crippen molar-refractivity contribution in [1.29, 1.82) is 0 Å². The van der Waals surface area contributed by atoms with Crippen LogP contribution in [0.4, 0.5) is 0 Å². The van der Waals surface area contributed by atoms with Gasteiger partial charge >= 0.3 is 11.9 Å². The molecule has 21 heavy (non-hydrogen) atoms. The van der Waals surface area contributed by atoms with E-state index in [2.05, 4.69) is 0 Å². The molecular formula is C17H22O4. The highest BCUT2D eigenvalue weighted by Gasteiger charge is 2.20. The zero-order chi connectivity index (χ0) is 15.2. The maximum Gasteiger partial charge on any atom is 0.336 e. The minimum Gasteiger partial charge on any atom is -0.478 e. The Morgan fingerprint density at radius 3 is 1.86 bits per heavy atom. The quantitative estimate of drug-likeness (QED) is 0.870. The van der Waals surface area contributed by atoms with Crippen LogP contribution in [-0.2, 0) is 0 Å². The van der Waals surface area contributed by atoms with Crippen LogP contribution in [0.15, 0.2) is 18.2 Å². The molecule has 0 heterocycles. The van der Waals surface area contributed by atoms with Crippen molar-refractivity contribution in [3.8, 4) is 0 Å². The van der Waals surface area contributed by atoms with E-state index in [0.717, 1.165) is 31.2 Å². The molecular weight excluding hydrogens is 268 g/mol. The van der Waals surface area contributed by atoms with E-state index in [9.17, 15) is 14.7 Å². The molecule has 2 N–H and O–H groups in total. The first-order valence-corrected chi connectivity index (χ1v) is 7.70. The van der Waals surface area contributed by atoms with Crippen molar-refractivity contribution < 1.29 is 19.8 Å². The maximum absolute atomic E-state index is 11.3. The Bertz CT molecular complexity index is 512. The second-order valence-electron chi connectivity index (χ2n) is 5.81. The normalized spacial score (nSPS) is 17.5. The lowest BCUT2D eigenvalue weighted by Crippen LogP contribution is -2.10. The molecule has 1 fully saturated rings. The molecule has 1 aromatic rings. The van der Waals surface area contributed by atoms with Gasteiger partial charge in [-0.1, -0.05) is 44.6 Å². The van der Waals surface area contributed by atoms with Crippen LogP contribution in [0.2, 0.25) is 0 Å². The summed E-state index contributed by atoms with van der Waals surface area (Å²) in [7, 11) is 0. The molecule has 1 aromatic carbocycles. The van der Waals surface area contributed by atoms with E-state index in [4.69, 9.17) is 5.11 Å². The minimum atomic E-state index is -1.19. The van der Waals surface area contributed by atoms with Crippen molar-refractivity contribution >= 4 is 11.9 Å². The lowest BCUT2D eigenvalue weighted by molar-refractivity contribution is 0.0651. The second-order valence-corrected chi connectivity index (χ2v) is 5.81. The van der Waals surface area contributed by atoms with Gasteiger partial charge in [-0.3, -0.25) is 0 Å². The summed E-state index contributed by atoms with van der Waals surface area (Å²) in [5, 5.41) is 18.3. The molecule has 4 nitrogen and oxygen atoms in total. The average molecular weight is 290 g/mol. The van der Waals surface area contributed by atoms with Crippen molar-refractivity contribution in [3.05, 3.63) is 34.9 Å². The molecule has 0 aliphatic heterocycles. The molecule has 1 aliphatic rings. The zero-order valence-corrected chi connectivity index (χ0v) is 12.2. The molecule has 2 rings (SSSR count). The molecule has 0 bridgehead atoms. The summed E-state index contributed by atoms with van der Waals surface area (Å²) >= 11 is 0. The third-order valence-corrected chi connectivity index (χ3v) is 4.33. The summed E-state index contributed by atoms with van der Waals surface area (Å²) in [6.07, 6.45) is 9.47. The number of rotatable bonds is 3. The van der Waals surface area contributed by atoms with E-state index in [-0.39, 0.29) is 11.1 Å². The van der Waals surface area contributed by atoms with Gasteiger partial charge in [0, 0.05) is 0 Å². The highest BCUT2D eigenvalue weighted by molar-refractivity contribution is 6.01. The van der Waals surface area contributed by atoms with Gasteiger partial charge in [-0.15, -0.1) is 0 Å². The van der Waals surface area contributed by atoms with E-state index in [0.29, 0.717) is 5.92 Å². The van der Waals surface area contributed by atoms with Crippen LogP contribution in [0.3, 0.4) is 0 Å². The number of benzene rings is 1. The fourth-order valence-corrected chi connectivity index (χ4v) is 3.15. The van der Waals surface area contributed by atoms with Gasteiger partial charge in [0.1, 0.15) is 0 Å². The standard InChI is InChI=1S/C17H22O4/c18-16(19)14-10-9-13(11-15(14)17(20)21)12-7-5-3-1-2-4-6-8-12/h9-12H,1-8H2,(H,18,19)(H,20,21). The van der Waals surface area contributed by atoms with Gasteiger partial charge in [-0.05, 0) is 36.5 Å². The smallest absolute Gasteiger partial charge is 0.336 e. The third kappa shape index (κ3) is 4.06. The number of hydrogen-bond donors (Lipinski definition) is 2. The first-order valence-electron chi connectivity index (χ1n) is 7.70. The zero-order valence-electron chi connectivity index (χ0n) is 12.2. The van der Waals surface area contributed by atoms with Crippen molar-refractivity contribution in [2.24, 2.45) is 0 Å². The van der Waals surface area contributed by atoms with E-state index in [1.165, 1.54) is 31.7 Å². The molecule has 0 saturated heterocycles. The number of aromatic carboxylic acids is 2. The fraction of sp³-hybridized carbons (Fsp3) is 0.529. The number of carboxylic acids is 2. The van der Waals surface area contributed by atoms with Gasteiger partial charge in [-0.2, -0.15) is 0 Å². The maximum atomic E-state index is 11.3. The summed E-state index contributed by atoms with van der Waals surface area (Å²) in [4.78, 5) is 22.4. The van der Waals surface area contributed by atoms with Crippen molar-refractivity contribution in [1.82, 2.24) is 0 Å². The first kappa shape index (κ1) is 15.5. The Labute approximate surface area is 124 Å². The Hall–Kier alpha value is -1.84. The summed E-state index contributed by atoms with van der Waals surface area (Å²) in [6.45, 7) is 0. The van der Waals surface area contributed by atoms with Gasteiger partial charge in [0.2, 0.25) is 0 Å². The second kappa shape index (κ2) is 7.25. The van der Waals surface area contributed by atoms with Crippen LogP contribution < -0.4 is 0 Å². The Kier molecular flexibility index (Phi) is 5.37. The molecule has 0 spiro atoms. The van der Waals surface area contributed by atoms with Gasteiger partial charge in [0.05, 0.1) is 11.1 Å². The van der Waals surface area contributed by atoms with Crippen molar-refractivity contribution in [2.75, 3.05) is 0 Å². The fourth-order valence-electron chi connectivity index (χ4n) is 3.15. The van der Waals surface area contributed by atoms with Crippen LogP contribution in [0.1, 0.15) is 83.6 Å². The highest BCUT2D eigenvalue weighted by Crippen LogP contribution is 2.31.